The van der Waals surface area contributed by atoms with Crippen molar-refractivity contribution in [3.05, 3.63) is 35.1 Å². The maximum absolute atomic E-state index is 13.2. The highest BCUT2D eigenvalue weighted by Crippen LogP contribution is 2.12. The van der Waals surface area contributed by atoms with Crippen LogP contribution in [0.2, 0.25) is 0 Å². The number of amides is 1. The molecule has 3 nitrogen and oxygen atoms in total. The van der Waals surface area contributed by atoms with Crippen molar-refractivity contribution in [3.63, 3.8) is 0 Å². The zero-order valence-electron chi connectivity index (χ0n) is 8.66. The molecule has 0 saturated carbocycles. The van der Waals surface area contributed by atoms with E-state index >= 15 is 0 Å². The first-order valence-electron chi connectivity index (χ1n) is 4.79. The summed E-state index contributed by atoms with van der Waals surface area (Å²) in [5.41, 5.74) is 11.9. The number of hydrogen-bond acceptors (Lipinski definition) is 2. The molecule has 0 heterocycles. The molecule has 1 aromatic rings. The molecule has 1 unspecified atom stereocenters. The highest BCUT2D eigenvalue weighted by molar-refractivity contribution is 5.77. The van der Waals surface area contributed by atoms with Crippen LogP contribution in [0.5, 0.6) is 0 Å². The molecular weight excluding hydrogens is 195 g/mol. The zero-order valence-corrected chi connectivity index (χ0v) is 8.66. The van der Waals surface area contributed by atoms with Gasteiger partial charge in [-0.05, 0) is 30.5 Å². The van der Waals surface area contributed by atoms with Gasteiger partial charge in [0, 0.05) is 6.54 Å². The van der Waals surface area contributed by atoms with E-state index in [0.717, 1.165) is 5.56 Å². The molecule has 0 spiro atoms. The van der Waals surface area contributed by atoms with Crippen LogP contribution in [0.15, 0.2) is 18.2 Å². The van der Waals surface area contributed by atoms with Crippen molar-refractivity contribution in [2.24, 2.45) is 17.4 Å². The van der Waals surface area contributed by atoms with Crippen LogP contribution in [0.3, 0.4) is 0 Å². The Labute approximate surface area is 88.3 Å². The summed E-state index contributed by atoms with van der Waals surface area (Å²) in [6, 6.07) is 4.88. The van der Waals surface area contributed by atoms with Gasteiger partial charge in [0.2, 0.25) is 5.91 Å². The summed E-state index contributed by atoms with van der Waals surface area (Å²) in [5, 5.41) is 0. The lowest BCUT2D eigenvalue weighted by Gasteiger charge is -2.10. The molecule has 4 heteroatoms. The molecule has 0 aliphatic heterocycles. The Hall–Kier alpha value is -1.42. The van der Waals surface area contributed by atoms with Crippen molar-refractivity contribution < 1.29 is 9.18 Å². The van der Waals surface area contributed by atoms with Gasteiger partial charge in [-0.25, -0.2) is 4.39 Å². The van der Waals surface area contributed by atoms with Crippen LogP contribution in [-0.2, 0) is 11.2 Å². The first-order chi connectivity index (χ1) is 7.04. The third-order valence-electron chi connectivity index (χ3n) is 2.41. The lowest BCUT2D eigenvalue weighted by molar-refractivity contribution is -0.121. The summed E-state index contributed by atoms with van der Waals surface area (Å²) in [6.07, 6.45) is 0.392. The van der Waals surface area contributed by atoms with Crippen LogP contribution in [0.25, 0.3) is 0 Å². The molecule has 1 atom stereocenters. The van der Waals surface area contributed by atoms with Gasteiger partial charge in [-0.3, -0.25) is 4.79 Å². The second kappa shape index (κ2) is 4.89. The summed E-state index contributed by atoms with van der Waals surface area (Å²) in [6.45, 7) is 1.87. The third kappa shape index (κ3) is 3.02. The highest BCUT2D eigenvalue weighted by Gasteiger charge is 2.14. The van der Waals surface area contributed by atoms with E-state index in [4.69, 9.17) is 11.5 Å². The summed E-state index contributed by atoms with van der Waals surface area (Å²) >= 11 is 0. The van der Waals surface area contributed by atoms with Crippen molar-refractivity contribution >= 4 is 5.91 Å². The van der Waals surface area contributed by atoms with E-state index in [-0.39, 0.29) is 12.4 Å². The van der Waals surface area contributed by atoms with Gasteiger partial charge in [-0.1, -0.05) is 12.1 Å². The molecular formula is C11H15FN2O. The standard InChI is InChI=1S/C11H15FN2O/c1-7-2-3-8(5-10(7)12)4-9(6-13)11(14)15/h2-3,5,9H,4,6,13H2,1H3,(H2,14,15). The Balaban J connectivity index is 2.80. The number of nitrogens with two attached hydrogens (primary N) is 2. The molecule has 4 N–H and O–H groups in total. The Morgan fingerprint density at radius 3 is 2.67 bits per heavy atom. The first-order valence-corrected chi connectivity index (χ1v) is 4.79. The van der Waals surface area contributed by atoms with Gasteiger partial charge >= 0.3 is 0 Å². The lowest BCUT2D eigenvalue weighted by atomic mass is 9.98. The van der Waals surface area contributed by atoms with Gasteiger partial charge in [0.25, 0.3) is 0 Å². The number of hydrogen-bond donors (Lipinski definition) is 2. The smallest absolute Gasteiger partial charge is 0.222 e. The fourth-order valence-corrected chi connectivity index (χ4v) is 1.35. The lowest BCUT2D eigenvalue weighted by Crippen LogP contribution is -2.31. The maximum Gasteiger partial charge on any atom is 0.222 e. The molecule has 0 aromatic heterocycles. The van der Waals surface area contributed by atoms with E-state index in [1.807, 2.05) is 0 Å². The Morgan fingerprint density at radius 2 is 2.20 bits per heavy atom. The van der Waals surface area contributed by atoms with Crippen molar-refractivity contribution in [2.75, 3.05) is 6.54 Å². The minimum atomic E-state index is -0.446. The topological polar surface area (TPSA) is 69.1 Å². The molecule has 0 radical (unpaired) electrons. The van der Waals surface area contributed by atoms with E-state index in [1.54, 1.807) is 19.1 Å². The van der Waals surface area contributed by atoms with Gasteiger partial charge in [0.1, 0.15) is 5.82 Å². The van der Waals surface area contributed by atoms with Crippen LogP contribution in [0, 0.1) is 18.7 Å². The van der Waals surface area contributed by atoms with Crippen molar-refractivity contribution in [3.8, 4) is 0 Å². The second-order valence-corrected chi connectivity index (χ2v) is 3.62. The van der Waals surface area contributed by atoms with E-state index < -0.39 is 11.8 Å². The fraction of sp³-hybridized carbons (Fsp3) is 0.364. The second-order valence-electron chi connectivity index (χ2n) is 3.62. The van der Waals surface area contributed by atoms with E-state index in [0.29, 0.717) is 12.0 Å². The van der Waals surface area contributed by atoms with Crippen molar-refractivity contribution in [1.82, 2.24) is 0 Å². The molecule has 1 aromatic carbocycles. The average Bonchev–Trinajstić information content (AvgIpc) is 2.19. The van der Waals surface area contributed by atoms with E-state index in [9.17, 15) is 9.18 Å². The van der Waals surface area contributed by atoms with Crippen molar-refractivity contribution in [1.29, 1.82) is 0 Å². The Bertz CT molecular complexity index is 366. The van der Waals surface area contributed by atoms with Gasteiger partial charge in [-0.15, -0.1) is 0 Å². The van der Waals surface area contributed by atoms with Gasteiger partial charge in [-0.2, -0.15) is 0 Å². The largest absolute Gasteiger partial charge is 0.369 e. The third-order valence-corrected chi connectivity index (χ3v) is 2.41. The molecule has 0 saturated heterocycles. The molecule has 0 bridgehead atoms. The number of halogens is 1. The summed E-state index contributed by atoms with van der Waals surface area (Å²) in [7, 11) is 0. The predicted molar refractivity (Wildman–Crippen MR) is 56.6 cm³/mol. The number of carbonyl (C=O) groups is 1. The van der Waals surface area contributed by atoms with Gasteiger partial charge < -0.3 is 11.5 Å². The SMILES string of the molecule is Cc1ccc(CC(CN)C(N)=O)cc1F. The quantitative estimate of drug-likeness (QED) is 0.769. The number of benzene rings is 1. The van der Waals surface area contributed by atoms with Crippen LogP contribution < -0.4 is 11.5 Å². The number of aryl methyl sites for hydroxylation is 1. The summed E-state index contributed by atoms with van der Waals surface area (Å²) < 4.78 is 13.2. The van der Waals surface area contributed by atoms with E-state index in [1.165, 1.54) is 6.07 Å². The Morgan fingerprint density at radius 1 is 1.53 bits per heavy atom. The normalized spacial score (nSPS) is 12.5. The fourth-order valence-electron chi connectivity index (χ4n) is 1.35. The van der Waals surface area contributed by atoms with Gasteiger partial charge in [0.15, 0.2) is 0 Å². The summed E-state index contributed by atoms with van der Waals surface area (Å²) in [5.74, 6) is -1.14. The first kappa shape index (κ1) is 11.7. The van der Waals surface area contributed by atoms with E-state index in [2.05, 4.69) is 0 Å². The molecule has 1 rings (SSSR count). The zero-order chi connectivity index (χ0) is 11.4. The average molecular weight is 210 g/mol. The number of rotatable bonds is 4. The minimum Gasteiger partial charge on any atom is -0.369 e. The van der Waals surface area contributed by atoms with Crippen LogP contribution in [0.1, 0.15) is 11.1 Å². The van der Waals surface area contributed by atoms with Gasteiger partial charge in [0.05, 0.1) is 5.92 Å². The molecule has 0 aliphatic carbocycles. The molecule has 15 heavy (non-hydrogen) atoms. The number of carbonyl (C=O) groups excluding carboxylic acids is 1. The van der Waals surface area contributed by atoms with Crippen molar-refractivity contribution in [2.45, 2.75) is 13.3 Å². The predicted octanol–water partition coefficient (Wildman–Crippen LogP) is 0.737. The molecule has 1 amide bonds. The molecule has 82 valence electrons. The monoisotopic (exact) mass is 210 g/mol. The summed E-state index contributed by atoms with van der Waals surface area (Å²) in [4.78, 5) is 10.9. The number of primary amides is 1. The Kier molecular flexibility index (Phi) is 3.80. The highest BCUT2D eigenvalue weighted by atomic mass is 19.1. The van der Waals surface area contributed by atoms with Crippen LogP contribution >= 0.6 is 0 Å². The molecule has 0 fully saturated rings. The maximum atomic E-state index is 13.2. The minimum absolute atomic E-state index is 0.185. The van der Waals surface area contributed by atoms with Crippen LogP contribution in [0.4, 0.5) is 4.39 Å². The molecule has 0 aliphatic rings. The van der Waals surface area contributed by atoms with Crippen LogP contribution in [-0.4, -0.2) is 12.5 Å².